The van der Waals surface area contributed by atoms with Crippen LogP contribution in [0.4, 0.5) is 0 Å². The summed E-state index contributed by atoms with van der Waals surface area (Å²) in [4.78, 5) is 45.2. The second-order valence-electron chi connectivity index (χ2n) is 6.28. The Morgan fingerprint density at radius 1 is 0.680 bits per heavy atom. The lowest BCUT2D eigenvalue weighted by Gasteiger charge is -2.22. The predicted molar refractivity (Wildman–Crippen MR) is 88.6 cm³/mol. The Morgan fingerprint density at radius 2 is 0.920 bits per heavy atom. The molecule has 3 rings (SSSR count). The van der Waals surface area contributed by atoms with E-state index in [1.165, 1.54) is 6.42 Å². The third-order valence-electron chi connectivity index (χ3n) is 3.99. The molecule has 1 aromatic carbocycles. The first kappa shape index (κ1) is 18.8. The zero-order chi connectivity index (χ0) is 18.4. The van der Waals surface area contributed by atoms with Gasteiger partial charge in [0, 0.05) is 11.8 Å². The van der Waals surface area contributed by atoms with Crippen LogP contribution in [0.25, 0.3) is 0 Å². The third kappa shape index (κ3) is 5.24. The summed E-state index contributed by atoms with van der Waals surface area (Å²) in [7, 11) is 0. The molecule has 2 aliphatic rings. The lowest BCUT2D eigenvalue weighted by Crippen LogP contribution is -2.25. The fourth-order valence-corrected chi connectivity index (χ4v) is 2.88. The highest BCUT2D eigenvalue weighted by Crippen LogP contribution is 2.32. The molecule has 0 radical (unpaired) electrons. The number of cyclic esters (lactones) is 4. The predicted octanol–water partition coefficient (Wildman–Crippen LogP) is 3.00. The van der Waals surface area contributed by atoms with Gasteiger partial charge in [0.1, 0.15) is 0 Å². The molecule has 0 unspecified atom stereocenters. The monoisotopic (exact) mass is 346 g/mol. The summed E-state index contributed by atoms with van der Waals surface area (Å²) >= 11 is 0. The van der Waals surface area contributed by atoms with E-state index in [2.05, 4.69) is 23.3 Å². The van der Waals surface area contributed by atoms with Crippen LogP contribution < -0.4 is 0 Å². The van der Waals surface area contributed by atoms with Gasteiger partial charge in [-0.1, -0.05) is 44.5 Å². The van der Waals surface area contributed by atoms with E-state index < -0.39 is 23.9 Å². The van der Waals surface area contributed by atoms with Crippen molar-refractivity contribution < 1.29 is 28.7 Å². The maximum absolute atomic E-state index is 11.3. The summed E-state index contributed by atoms with van der Waals surface area (Å²) in [6.07, 6.45) is 1.97. The maximum atomic E-state index is 11.3. The molecule has 0 aromatic heterocycles. The summed E-state index contributed by atoms with van der Waals surface area (Å²) < 4.78 is 9.03. The molecule has 0 spiro atoms. The lowest BCUT2D eigenvalue weighted by atomic mass is 9.87. The Kier molecular flexibility index (Phi) is 6.44. The van der Waals surface area contributed by atoms with Crippen molar-refractivity contribution in [2.24, 2.45) is 0 Å². The van der Waals surface area contributed by atoms with Crippen LogP contribution in [0.15, 0.2) is 24.3 Å². The van der Waals surface area contributed by atoms with Gasteiger partial charge in [-0.15, -0.1) is 0 Å². The number of carbonyl (C=O) groups is 4. The summed E-state index contributed by atoms with van der Waals surface area (Å²) in [5.74, 6) is -2.39. The SMILES string of the molecule is CCC.O=C1CC(c2ccc(C3CC(=O)OC(=O)C3)cc2)CC(=O)O1. The molecule has 134 valence electrons. The Hall–Kier alpha value is -2.50. The van der Waals surface area contributed by atoms with Gasteiger partial charge in [0.25, 0.3) is 0 Å². The topological polar surface area (TPSA) is 86.7 Å². The summed E-state index contributed by atoms with van der Waals surface area (Å²) in [5.41, 5.74) is 1.75. The van der Waals surface area contributed by atoms with Crippen LogP contribution in [0.1, 0.15) is 68.9 Å². The largest absolute Gasteiger partial charge is 0.393 e. The fraction of sp³-hybridized carbons (Fsp3) is 0.474. The zero-order valence-corrected chi connectivity index (χ0v) is 14.4. The van der Waals surface area contributed by atoms with Crippen LogP contribution in [-0.4, -0.2) is 23.9 Å². The summed E-state index contributed by atoms with van der Waals surface area (Å²) in [6, 6.07) is 7.32. The van der Waals surface area contributed by atoms with Crippen molar-refractivity contribution in [2.45, 2.75) is 57.8 Å². The second-order valence-corrected chi connectivity index (χ2v) is 6.28. The minimum Gasteiger partial charge on any atom is -0.393 e. The Morgan fingerprint density at radius 3 is 1.16 bits per heavy atom. The van der Waals surface area contributed by atoms with Gasteiger partial charge in [0.15, 0.2) is 0 Å². The lowest BCUT2D eigenvalue weighted by molar-refractivity contribution is -0.165. The molecule has 2 saturated heterocycles. The molecule has 0 saturated carbocycles. The van der Waals surface area contributed by atoms with E-state index in [0.29, 0.717) is 0 Å². The van der Waals surface area contributed by atoms with E-state index in [-0.39, 0.29) is 37.5 Å². The standard InChI is InChI=1S/C16H14O6.C3H8/c17-13-5-11(6-14(18)21-13)9-1-2-10(4-3-9)12-7-15(19)22-16(20)8-12;1-3-2/h1-4,11-12H,5-8H2;3H2,1-2H3. The molecule has 6 heteroatoms. The third-order valence-corrected chi connectivity index (χ3v) is 3.99. The van der Waals surface area contributed by atoms with Gasteiger partial charge in [-0.3, -0.25) is 19.2 Å². The normalized spacial score (nSPS) is 19.0. The van der Waals surface area contributed by atoms with Gasteiger partial charge < -0.3 is 9.47 Å². The van der Waals surface area contributed by atoms with E-state index in [1.54, 1.807) is 0 Å². The molecular formula is C19H22O6. The Labute approximate surface area is 146 Å². The van der Waals surface area contributed by atoms with Crippen molar-refractivity contribution in [3.05, 3.63) is 35.4 Å². The number of carbonyl (C=O) groups excluding carboxylic acids is 4. The fourth-order valence-electron chi connectivity index (χ4n) is 2.88. The van der Waals surface area contributed by atoms with E-state index in [1.807, 2.05) is 24.3 Å². The van der Waals surface area contributed by atoms with E-state index >= 15 is 0 Å². The first-order chi connectivity index (χ1) is 11.9. The molecule has 0 atom stereocenters. The summed E-state index contributed by atoms with van der Waals surface area (Å²) in [6.45, 7) is 4.25. The summed E-state index contributed by atoms with van der Waals surface area (Å²) in [5, 5.41) is 0. The second kappa shape index (κ2) is 8.55. The molecule has 2 heterocycles. The van der Waals surface area contributed by atoms with Gasteiger partial charge in [0.05, 0.1) is 25.7 Å². The quantitative estimate of drug-likeness (QED) is 0.604. The van der Waals surface area contributed by atoms with Gasteiger partial charge >= 0.3 is 23.9 Å². The highest BCUT2D eigenvalue weighted by molar-refractivity contribution is 5.90. The molecule has 0 N–H and O–H groups in total. The van der Waals surface area contributed by atoms with Crippen LogP contribution in [0.2, 0.25) is 0 Å². The molecule has 2 aliphatic heterocycles. The van der Waals surface area contributed by atoms with Gasteiger partial charge in [-0.25, -0.2) is 0 Å². The number of hydrogen-bond donors (Lipinski definition) is 0. The van der Waals surface area contributed by atoms with Gasteiger partial charge in [-0.2, -0.15) is 0 Å². The first-order valence-electron chi connectivity index (χ1n) is 8.49. The van der Waals surface area contributed by atoms with Gasteiger partial charge in [0.2, 0.25) is 0 Å². The smallest absolute Gasteiger partial charge is 0.314 e. The average molecular weight is 346 g/mol. The number of ether oxygens (including phenoxy) is 2. The van der Waals surface area contributed by atoms with E-state index in [9.17, 15) is 19.2 Å². The zero-order valence-electron chi connectivity index (χ0n) is 14.4. The molecule has 1 aromatic rings. The molecule has 0 aliphatic carbocycles. The van der Waals surface area contributed by atoms with Crippen molar-refractivity contribution in [3.8, 4) is 0 Å². The molecular weight excluding hydrogens is 324 g/mol. The van der Waals surface area contributed by atoms with Gasteiger partial charge in [-0.05, 0) is 11.1 Å². The molecule has 0 bridgehead atoms. The minimum atomic E-state index is -0.508. The van der Waals surface area contributed by atoms with Crippen molar-refractivity contribution in [1.82, 2.24) is 0 Å². The molecule has 25 heavy (non-hydrogen) atoms. The van der Waals surface area contributed by atoms with Crippen molar-refractivity contribution >= 4 is 23.9 Å². The van der Waals surface area contributed by atoms with Crippen molar-refractivity contribution in [1.29, 1.82) is 0 Å². The maximum Gasteiger partial charge on any atom is 0.314 e. The molecule has 0 amide bonds. The van der Waals surface area contributed by atoms with E-state index in [4.69, 9.17) is 0 Å². The number of hydrogen-bond acceptors (Lipinski definition) is 6. The Bertz CT molecular complexity index is 572. The number of rotatable bonds is 2. The average Bonchev–Trinajstić information content (AvgIpc) is 2.54. The molecule has 2 fully saturated rings. The minimum absolute atomic E-state index is 0.180. The van der Waals surface area contributed by atoms with Crippen LogP contribution in [0.5, 0.6) is 0 Å². The highest BCUT2D eigenvalue weighted by Gasteiger charge is 2.30. The molecule has 6 nitrogen and oxygen atoms in total. The van der Waals surface area contributed by atoms with Crippen LogP contribution in [0.3, 0.4) is 0 Å². The van der Waals surface area contributed by atoms with Crippen LogP contribution in [0, 0.1) is 0 Å². The highest BCUT2D eigenvalue weighted by atomic mass is 16.6. The van der Waals surface area contributed by atoms with E-state index in [0.717, 1.165) is 11.1 Å². The number of benzene rings is 1. The van der Waals surface area contributed by atoms with Crippen LogP contribution in [-0.2, 0) is 28.7 Å². The Balaban J connectivity index is 0.000000701. The first-order valence-corrected chi connectivity index (χ1v) is 8.49. The number of esters is 4. The van der Waals surface area contributed by atoms with Crippen LogP contribution >= 0.6 is 0 Å². The van der Waals surface area contributed by atoms with Crippen molar-refractivity contribution in [2.75, 3.05) is 0 Å². The van der Waals surface area contributed by atoms with Crippen molar-refractivity contribution in [3.63, 3.8) is 0 Å².